The average Bonchev–Trinajstić information content (AvgIpc) is 3.58. The molecule has 0 aliphatic carbocycles. The summed E-state index contributed by atoms with van der Waals surface area (Å²) in [5.41, 5.74) is 7.95. The Hall–Kier alpha value is -4.32. The highest BCUT2D eigenvalue weighted by Gasteiger charge is 2.51. The number of benzene rings is 5. The molecule has 1 aliphatic rings. The first kappa shape index (κ1) is 24.5. The fraction of sp³-hybridized carbons (Fsp3) is 0.167. The standard InChI is InChI=1S/C36H30BNO3/c1-35(2)36(3,4)41-37(40-35)25-15-17-26(18-16-25)38-31-11-7-5-9-27(31)29-21-23(13-19-32(29)38)24-14-20-34-30(22-24)28-10-6-8-12-33(28)39-34/h5-22H,1-4H3. The molecule has 0 amide bonds. The van der Waals surface area contributed by atoms with E-state index in [9.17, 15) is 0 Å². The van der Waals surface area contributed by atoms with Crippen LogP contribution in [-0.2, 0) is 9.31 Å². The lowest BCUT2D eigenvalue weighted by atomic mass is 9.79. The van der Waals surface area contributed by atoms with E-state index >= 15 is 0 Å². The van der Waals surface area contributed by atoms with Gasteiger partial charge in [-0.2, -0.15) is 0 Å². The van der Waals surface area contributed by atoms with E-state index in [1.54, 1.807) is 0 Å². The van der Waals surface area contributed by atoms with E-state index in [2.05, 4.69) is 129 Å². The van der Waals surface area contributed by atoms with Crippen molar-refractivity contribution in [3.63, 3.8) is 0 Å². The summed E-state index contributed by atoms with van der Waals surface area (Å²) in [7, 11) is -0.376. The number of aromatic nitrogens is 1. The molecule has 4 nitrogen and oxygen atoms in total. The highest BCUT2D eigenvalue weighted by Crippen LogP contribution is 2.38. The summed E-state index contributed by atoms with van der Waals surface area (Å²) >= 11 is 0. The molecule has 1 aliphatic heterocycles. The van der Waals surface area contributed by atoms with Crippen LogP contribution in [-0.4, -0.2) is 22.9 Å². The maximum atomic E-state index is 6.29. The van der Waals surface area contributed by atoms with Crippen LogP contribution in [0.5, 0.6) is 0 Å². The van der Waals surface area contributed by atoms with E-state index in [1.807, 2.05) is 12.1 Å². The molecular formula is C36H30BNO3. The van der Waals surface area contributed by atoms with Gasteiger partial charge in [0.25, 0.3) is 0 Å². The molecule has 3 heterocycles. The van der Waals surface area contributed by atoms with Crippen molar-refractivity contribution >= 4 is 56.3 Å². The molecule has 1 saturated heterocycles. The molecule has 0 atom stereocenters. The number of furan rings is 1. The Morgan fingerprint density at radius 1 is 0.537 bits per heavy atom. The molecule has 2 aromatic heterocycles. The Bertz CT molecular complexity index is 2100. The first-order valence-electron chi connectivity index (χ1n) is 14.2. The third-order valence-electron chi connectivity index (χ3n) is 9.06. The molecule has 0 saturated carbocycles. The fourth-order valence-electron chi connectivity index (χ4n) is 6.10. The fourth-order valence-corrected chi connectivity index (χ4v) is 6.10. The molecule has 8 rings (SSSR count). The quantitative estimate of drug-likeness (QED) is 0.213. The summed E-state index contributed by atoms with van der Waals surface area (Å²) in [4.78, 5) is 0. The Kier molecular flexibility index (Phi) is 5.13. The summed E-state index contributed by atoms with van der Waals surface area (Å²) in [5.74, 6) is 0. The normalized spacial score (nSPS) is 16.4. The molecule has 0 N–H and O–H groups in total. The number of nitrogens with zero attached hydrogens (tertiary/aromatic N) is 1. The maximum absolute atomic E-state index is 6.29. The van der Waals surface area contributed by atoms with E-state index in [0.717, 1.165) is 33.1 Å². The number of fused-ring (bicyclic) bond motifs is 6. The molecular weight excluding hydrogens is 505 g/mol. The van der Waals surface area contributed by atoms with Gasteiger partial charge in [0.05, 0.1) is 22.2 Å². The van der Waals surface area contributed by atoms with E-state index in [4.69, 9.17) is 13.7 Å². The Labute approximate surface area is 239 Å². The first-order chi connectivity index (χ1) is 19.8. The maximum Gasteiger partial charge on any atom is 0.494 e. The minimum atomic E-state index is -0.376. The molecule has 0 bridgehead atoms. The van der Waals surface area contributed by atoms with Crippen molar-refractivity contribution < 1.29 is 13.7 Å². The Morgan fingerprint density at radius 2 is 1.12 bits per heavy atom. The van der Waals surface area contributed by atoms with Gasteiger partial charge in [0.1, 0.15) is 11.2 Å². The van der Waals surface area contributed by atoms with Gasteiger partial charge in [-0.05, 0) is 92.8 Å². The lowest BCUT2D eigenvalue weighted by Crippen LogP contribution is -2.41. The SMILES string of the molecule is CC1(C)OB(c2ccc(-n3c4ccccc4c4cc(-c5ccc6oc7ccccc7c6c5)ccc43)cc2)OC1(C)C. The van der Waals surface area contributed by atoms with Gasteiger partial charge >= 0.3 is 7.12 Å². The van der Waals surface area contributed by atoms with Crippen LogP contribution >= 0.6 is 0 Å². The third-order valence-corrected chi connectivity index (χ3v) is 9.06. The van der Waals surface area contributed by atoms with Crippen LogP contribution in [0, 0.1) is 0 Å². The van der Waals surface area contributed by atoms with Crippen molar-refractivity contribution in [2.45, 2.75) is 38.9 Å². The minimum absolute atomic E-state index is 0.365. The van der Waals surface area contributed by atoms with Gasteiger partial charge in [0.2, 0.25) is 0 Å². The van der Waals surface area contributed by atoms with Crippen molar-refractivity contribution in [2.24, 2.45) is 0 Å². The van der Waals surface area contributed by atoms with Crippen LogP contribution in [0.1, 0.15) is 27.7 Å². The van der Waals surface area contributed by atoms with Crippen LogP contribution in [0.3, 0.4) is 0 Å². The van der Waals surface area contributed by atoms with E-state index in [-0.39, 0.29) is 18.3 Å². The van der Waals surface area contributed by atoms with Crippen molar-refractivity contribution in [2.75, 3.05) is 0 Å². The Balaban J connectivity index is 1.23. The second-order valence-corrected chi connectivity index (χ2v) is 12.1. The van der Waals surface area contributed by atoms with Gasteiger partial charge in [-0.15, -0.1) is 0 Å². The third kappa shape index (κ3) is 3.69. The lowest BCUT2D eigenvalue weighted by Gasteiger charge is -2.32. The molecule has 41 heavy (non-hydrogen) atoms. The first-order valence-corrected chi connectivity index (χ1v) is 14.2. The molecule has 5 aromatic carbocycles. The van der Waals surface area contributed by atoms with E-state index < -0.39 is 0 Å². The number of para-hydroxylation sites is 2. The average molecular weight is 535 g/mol. The zero-order valence-corrected chi connectivity index (χ0v) is 23.6. The van der Waals surface area contributed by atoms with Gasteiger partial charge in [-0.25, -0.2) is 0 Å². The van der Waals surface area contributed by atoms with Gasteiger partial charge < -0.3 is 18.3 Å². The minimum Gasteiger partial charge on any atom is -0.456 e. The van der Waals surface area contributed by atoms with E-state index in [1.165, 1.54) is 32.9 Å². The van der Waals surface area contributed by atoms with Gasteiger partial charge in [-0.3, -0.25) is 0 Å². The predicted octanol–water partition coefficient (Wildman–Crippen LogP) is 8.65. The smallest absolute Gasteiger partial charge is 0.456 e. The van der Waals surface area contributed by atoms with Gasteiger partial charge in [0, 0.05) is 27.2 Å². The summed E-state index contributed by atoms with van der Waals surface area (Å²) in [6, 6.07) is 38.7. The molecule has 1 fully saturated rings. The van der Waals surface area contributed by atoms with Crippen molar-refractivity contribution in [3.05, 3.63) is 109 Å². The van der Waals surface area contributed by atoms with Crippen LogP contribution in [0.15, 0.2) is 114 Å². The summed E-state index contributed by atoms with van der Waals surface area (Å²) in [5, 5.41) is 4.74. The van der Waals surface area contributed by atoms with Crippen molar-refractivity contribution in [3.8, 4) is 16.8 Å². The molecule has 0 radical (unpaired) electrons. The second-order valence-electron chi connectivity index (χ2n) is 12.1. The van der Waals surface area contributed by atoms with Crippen LogP contribution in [0.2, 0.25) is 0 Å². The largest absolute Gasteiger partial charge is 0.494 e. The number of hydrogen-bond acceptors (Lipinski definition) is 3. The number of hydrogen-bond donors (Lipinski definition) is 0. The van der Waals surface area contributed by atoms with Gasteiger partial charge in [-0.1, -0.05) is 60.7 Å². The molecule has 5 heteroatoms. The summed E-state index contributed by atoms with van der Waals surface area (Å²) < 4.78 is 21.0. The van der Waals surface area contributed by atoms with Gasteiger partial charge in [0.15, 0.2) is 0 Å². The molecule has 0 spiro atoms. The Morgan fingerprint density at radius 3 is 1.88 bits per heavy atom. The molecule has 7 aromatic rings. The van der Waals surface area contributed by atoms with Crippen molar-refractivity contribution in [1.82, 2.24) is 4.57 Å². The highest BCUT2D eigenvalue weighted by molar-refractivity contribution is 6.62. The van der Waals surface area contributed by atoms with Crippen LogP contribution in [0.4, 0.5) is 0 Å². The molecule has 200 valence electrons. The van der Waals surface area contributed by atoms with Crippen LogP contribution in [0.25, 0.3) is 60.6 Å². The summed E-state index contributed by atoms with van der Waals surface area (Å²) in [6.45, 7) is 8.35. The van der Waals surface area contributed by atoms with Crippen molar-refractivity contribution in [1.29, 1.82) is 0 Å². The summed E-state index contributed by atoms with van der Waals surface area (Å²) in [6.07, 6.45) is 0. The predicted molar refractivity (Wildman–Crippen MR) is 169 cm³/mol. The molecule has 0 unspecified atom stereocenters. The number of rotatable bonds is 3. The topological polar surface area (TPSA) is 36.5 Å². The highest BCUT2D eigenvalue weighted by atomic mass is 16.7. The van der Waals surface area contributed by atoms with Crippen LogP contribution < -0.4 is 5.46 Å². The van der Waals surface area contributed by atoms with E-state index in [0.29, 0.717) is 0 Å². The lowest BCUT2D eigenvalue weighted by molar-refractivity contribution is 0.00578. The zero-order valence-electron chi connectivity index (χ0n) is 23.6. The second kappa shape index (κ2) is 8.59. The monoisotopic (exact) mass is 535 g/mol. The zero-order chi connectivity index (χ0) is 27.9.